The summed E-state index contributed by atoms with van der Waals surface area (Å²) >= 11 is 0. The van der Waals surface area contributed by atoms with Gasteiger partial charge in [-0.15, -0.1) is 0 Å². The van der Waals surface area contributed by atoms with Crippen LogP contribution in [0, 0.1) is 11.8 Å². The van der Waals surface area contributed by atoms with Gasteiger partial charge in [0.05, 0.1) is 5.75 Å². The Morgan fingerprint density at radius 1 is 1.29 bits per heavy atom. The van der Waals surface area contributed by atoms with Crippen LogP contribution in [-0.4, -0.2) is 27.4 Å². The van der Waals surface area contributed by atoms with E-state index in [1.807, 2.05) is 6.92 Å². The van der Waals surface area contributed by atoms with E-state index in [1.54, 1.807) is 0 Å². The zero-order valence-electron chi connectivity index (χ0n) is 10.7. The highest BCUT2D eigenvalue weighted by Crippen LogP contribution is 2.29. The van der Waals surface area contributed by atoms with Gasteiger partial charge in [0, 0.05) is 13.2 Å². The lowest BCUT2D eigenvalue weighted by Crippen LogP contribution is -2.19. The van der Waals surface area contributed by atoms with E-state index in [0.717, 1.165) is 25.6 Å². The number of hydrogen-bond acceptors (Lipinski definition) is 3. The molecule has 0 aromatic carbocycles. The van der Waals surface area contributed by atoms with Crippen molar-refractivity contribution in [3.05, 3.63) is 0 Å². The molecule has 1 atom stereocenters. The number of ether oxygens (including phenoxy) is 1. The summed E-state index contributed by atoms with van der Waals surface area (Å²) in [4.78, 5) is 0. The van der Waals surface area contributed by atoms with E-state index in [0.29, 0.717) is 12.3 Å². The summed E-state index contributed by atoms with van der Waals surface area (Å²) in [5.41, 5.74) is 0. The molecule has 0 saturated heterocycles. The monoisotopic (exact) mass is 263 g/mol. The fourth-order valence-electron chi connectivity index (χ4n) is 1.93. The Bertz CT molecular complexity index is 299. The number of hydrogen-bond donors (Lipinski definition) is 1. The summed E-state index contributed by atoms with van der Waals surface area (Å²) in [5, 5.41) is 4.96. The molecule has 5 heteroatoms. The van der Waals surface area contributed by atoms with Gasteiger partial charge in [-0.25, -0.2) is 13.6 Å². The molecule has 1 aliphatic rings. The Labute approximate surface area is 105 Å². The van der Waals surface area contributed by atoms with Crippen LogP contribution in [0.2, 0.25) is 0 Å². The van der Waals surface area contributed by atoms with Crippen molar-refractivity contribution in [1.82, 2.24) is 0 Å². The zero-order valence-corrected chi connectivity index (χ0v) is 11.5. The van der Waals surface area contributed by atoms with Crippen molar-refractivity contribution in [3.63, 3.8) is 0 Å². The molecule has 0 heterocycles. The van der Waals surface area contributed by atoms with Crippen LogP contribution in [0.15, 0.2) is 0 Å². The van der Waals surface area contributed by atoms with Crippen molar-refractivity contribution >= 4 is 10.0 Å². The van der Waals surface area contributed by atoms with Crippen molar-refractivity contribution in [2.45, 2.75) is 45.4 Å². The Kier molecular flexibility index (Phi) is 6.44. The van der Waals surface area contributed by atoms with E-state index in [2.05, 4.69) is 0 Å². The SMILES string of the molecule is CC(CCOCCC1CCC1)CCS(N)(=O)=O. The maximum atomic E-state index is 10.8. The molecule has 0 amide bonds. The zero-order chi connectivity index (χ0) is 12.7. The Hall–Kier alpha value is -0.130. The van der Waals surface area contributed by atoms with Crippen LogP contribution in [0.25, 0.3) is 0 Å². The van der Waals surface area contributed by atoms with E-state index in [-0.39, 0.29) is 5.75 Å². The van der Waals surface area contributed by atoms with Gasteiger partial charge in [-0.1, -0.05) is 26.2 Å². The van der Waals surface area contributed by atoms with Crippen LogP contribution >= 0.6 is 0 Å². The minimum absolute atomic E-state index is 0.0796. The fraction of sp³-hybridized carbons (Fsp3) is 1.00. The topological polar surface area (TPSA) is 69.4 Å². The molecule has 0 aliphatic heterocycles. The first-order valence-electron chi connectivity index (χ1n) is 6.55. The maximum Gasteiger partial charge on any atom is 0.209 e. The van der Waals surface area contributed by atoms with E-state index in [4.69, 9.17) is 9.88 Å². The molecule has 1 rings (SSSR count). The third kappa shape index (κ3) is 7.73. The summed E-state index contributed by atoms with van der Waals surface area (Å²) in [6, 6.07) is 0. The molecule has 1 saturated carbocycles. The molecule has 1 unspecified atom stereocenters. The highest BCUT2D eigenvalue weighted by Gasteiger charge is 2.16. The molecule has 0 aromatic heterocycles. The highest BCUT2D eigenvalue weighted by atomic mass is 32.2. The lowest BCUT2D eigenvalue weighted by molar-refractivity contribution is 0.0969. The van der Waals surface area contributed by atoms with Gasteiger partial charge < -0.3 is 4.74 Å². The van der Waals surface area contributed by atoms with E-state index in [9.17, 15) is 8.42 Å². The molecule has 17 heavy (non-hydrogen) atoms. The summed E-state index contributed by atoms with van der Waals surface area (Å²) in [7, 11) is -3.30. The van der Waals surface area contributed by atoms with Crippen molar-refractivity contribution in [3.8, 4) is 0 Å². The van der Waals surface area contributed by atoms with Crippen LogP contribution in [-0.2, 0) is 14.8 Å². The van der Waals surface area contributed by atoms with Crippen LogP contribution in [0.4, 0.5) is 0 Å². The van der Waals surface area contributed by atoms with Crippen molar-refractivity contribution in [1.29, 1.82) is 0 Å². The average molecular weight is 263 g/mol. The Morgan fingerprint density at radius 2 is 2.00 bits per heavy atom. The van der Waals surface area contributed by atoms with Gasteiger partial charge in [-0.2, -0.15) is 0 Å². The second-order valence-corrected chi connectivity index (χ2v) is 6.98. The van der Waals surface area contributed by atoms with Gasteiger partial charge in [0.2, 0.25) is 10.0 Å². The third-order valence-corrected chi connectivity index (χ3v) is 4.35. The second-order valence-electron chi connectivity index (χ2n) is 5.25. The predicted molar refractivity (Wildman–Crippen MR) is 69.1 cm³/mol. The van der Waals surface area contributed by atoms with Crippen LogP contribution in [0.5, 0.6) is 0 Å². The third-order valence-electron chi connectivity index (χ3n) is 3.55. The number of rotatable bonds is 9. The number of nitrogens with two attached hydrogens (primary N) is 1. The van der Waals surface area contributed by atoms with Gasteiger partial charge in [0.15, 0.2) is 0 Å². The first kappa shape index (κ1) is 14.9. The molecule has 0 bridgehead atoms. The summed E-state index contributed by atoms with van der Waals surface area (Å²) < 4.78 is 27.1. The smallest absolute Gasteiger partial charge is 0.209 e. The Balaban J connectivity index is 1.90. The summed E-state index contributed by atoms with van der Waals surface area (Å²) in [6.45, 7) is 3.63. The van der Waals surface area contributed by atoms with Gasteiger partial charge in [0.25, 0.3) is 0 Å². The summed E-state index contributed by atoms with van der Waals surface area (Å²) in [6.07, 6.45) is 6.86. The molecule has 1 aliphatic carbocycles. The molecular formula is C12H25NO3S. The van der Waals surface area contributed by atoms with Gasteiger partial charge >= 0.3 is 0 Å². The quantitative estimate of drug-likeness (QED) is 0.646. The van der Waals surface area contributed by atoms with Crippen LogP contribution < -0.4 is 5.14 Å². The summed E-state index contributed by atoms with van der Waals surface area (Å²) in [5.74, 6) is 1.34. The van der Waals surface area contributed by atoms with Crippen molar-refractivity contribution in [2.75, 3.05) is 19.0 Å². The Morgan fingerprint density at radius 3 is 2.53 bits per heavy atom. The minimum atomic E-state index is -3.30. The molecule has 0 radical (unpaired) electrons. The molecule has 4 nitrogen and oxygen atoms in total. The van der Waals surface area contributed by atoms with Crippen LogP contribution in [0.3, 0.4) is 0 Å². The highest BCUT2D eigenvalue weighted by molar-refractivity contribution is 7.89. The molecule has 2 N–H and O–H groups in total. The minimum Gasteiger partial charge on any atom is -0.381 e. The average Bonchev–Trinajstić information content (AvgIpc) is 2.16. The molecular weight excluding hydrogens is 238 g/mol. The van der Waals surface area contributed by atoms with Crippen molar-refractivity contribution in [2.24, 2.45) is 17.0 Å². The number of sulfonamides is 1. The molecule has 0 spiro atoms. The second kappa shape index (κ2) is 7.34. The van der Waals surface area contributed by atoms with E-state index < -0.39 is 10.0 Å². The van der Waals surface area contributed by atoms with E-state index in [1.165, 1.54) is 25.7 Å². The molecule has 1 fully saturated rings. The van der Waals surface area contributed by atoms with Gasteiger partial charge in [-0.05, 0) is 31.1 Å². The number of primary sulfonamides is 1. The van der Waals surface area contributed by atoms with Gasteiger partial charge in [-0.3, -0.25) is 0 Å². The lowest BCUT2D eigenvalue weighted by atomic mass is 9.83. The largest absolute Gasteiger partial charge is 0.381 e. The van der Waals surface area contributed by atoms with Crippen molar-refractivity contribution < 1.29 is 13.2 Å². The van der Waals surface area contributed by atoms with Crippen LogP contribution in [0.1, 0.15) is 45.4 Å². The fourth-order valence-corrected chi connectivity index (χ4v) is 2.66. The van der Waals surface area contributed by atoms with Gasteiger partial charge in [0.1, 0.15) is 0 Å². The predicted octanol–water partition coefficient (Wildman–Crippen LogP) is 1.90. The molecule has 102 valence electrons. The standard InChI is InChI=1S/C12H25NO3S/c1-11(7-10-17(13,14)15)5-8-16-9-6-12-3-2-4-12/h11-12H,2-10H2,1H3,(H2,13,14,15). The maximum absolute atomic E-state index is 10.8. The lowest BCUT2D eigenvalue weighted by Gasteiger charge is -2.25. The normalized spacial score (nSPS) is 18.9. The molecule has 0 aromatic rings. The van der Waals surface area contributed by atoms with E-state index >= 15 is 0 Å². The first-order valence-corrected chi connectivity index (χ1v) is 8.27. The first-order chi connectivity index (χ1) is 7.97.